The van der Waals surface area contributed by atoms with E-state index in [0.29, 0.717) is 17.9 Å². The first-order valence-electron chi connectivity index (χ1n) is 6.74. The van der Waals surface area contributed by atoms with Gasteiger partial charge in [-0.3, -0.25) is 0 Å². The zero-order valence-corrected chi connectivity index (χ0v) is 11.6. The van der Waals surface area contributed by atoms with Gasteiger partial charge in [0, 0.05) is 5.69 Å². The molecule has 2 aromatic carbocycles. The number of hydrogen-bond acceptors (Lipinski definition) is 3. The fraction of sp³-hybridized carbons (Fsp3) is 0.235. The molecule has 0 heterocycles. The molecule has 0 bridgehead atoms. The second-order valence-electron chi connectivity index (χ2n) is 4.74. The third kappa shape index (κ3) is 3.60. The van der Waals surface area contributed by atoms with Gasteiger partial charge in [0.15, 0.2) is 0 Å². The summed E-state index contributed by atoms with van der Waals surface area (Å²) in [5, 5.41) is 0. The standard InChI is InChI=1S/C17H19NO2/c1-13-15(10-5-11-16(13)18)17(19)20-12-6-9-14-7-3-2-4-8-14/h2-5,7-8,10-11H,6,9,12,18H2,1H3. The van der Waals surface area contributed by atoms with Crippen LogP contribution in [0.2, 0.25) is 0 Å². The molecule has 3 nitrogen and oxygen atoms in total. The van der Waals surface area contributed by atoms with Crippen LogP contribution in [0, 0.1) is 6.92 Å². The number of rotatable bonds is 5. The Balaban J connectivity index is 1.82. The number of aryl methyl sites for hydroxylation is 1. The van der Waals surface area contributed by atoms with E-state index in [2.05, 4.69) is 12.1 Å². The smallest absolute Gasteiger partial charge is 0.338 e. The van der Waals surface area contributed by atoms with E-state index in [1.54, 1.807) is 18.2 Å². The Kier molecular flexibility index (Phi) is 4.77. The van der Waals surface area contributed by atoms with Gasteiger partial charge in [0.05, 0.1) is 12.2 Å². The van der Waals surface area contributed by atoms with Crippen molar-refractivity contribution >= 4 is 11.7 Å². The molecule has 0 aliphatic carbocycles. The summed E-state index contributed by atoms with van der Waals surface area (Å²) in [5.41, 5.74) is 8.97. The molecule has 2 N–H and O–H groups in total. The lowest BCUT2D eigenvalue weighted by atomic mass is 10.1. The zero-order chi connectivity index (χ0) is 14.4. The maximum absolute atomic E-state index is 12.0. The average molecular weight is 269 g/mol. The molecule has 0 radical (unpaired) electrons. The van der Waals surface area contributed by atoms with Crippen LogP contribution in [0.3, 0.4) is 0 Å². The van der Waals surface area contributed by atoms with Gasteiger partial charge in [0.1, 0.15) is 0 Å². The van der Waals surface area contributed by atoms with Gasteiger partial charge >= 0.3 is 5.97 Å². The molecule has 2 rings (SSSR count). The van der Waals surface area contributed by atoms with Gasteiger partial charge in [-0.2, -0.15) is 0 Å². The molecule has 3 heteroatoms. The predicted molar refractivity (Wildman–Crippen MR) is 80.6 cm³/mol. The highest BCUT2D eigenvalue weighted by atomic mass is 16.5. The molecule has 0 aliphatic heterocycles. The molecule has 0 amide bonds. The average Bonchev–Trinajstić information content (AvgIpc) is 2.47. The minimum Gasteiger partial charge on any atom is -0.462 e. The number of nitrogen functional groups attached to an aromatic ring is 1. The van der Waals surface area contributed by atoms with E-state index in [4.69, 9.17) is 10.5 Å². The molecular formula is C17H19NO2. The number of carbonyl (C=O) groups is 1. The first-order valence-corrected chi connectivity index (χ1v) is 6.74. The highest BCUT2D eigenvalue weighted by Gasteiger charge is 2.11. The zero-order valence-electron chi connectivity index (χ0n) is 11.6. The number of benzene rings is 2. The van der Waals surface area contributed by atoms with Crippen molar-refractivity contribution < 1.29 is 9.53 Å². The van der Waals surface area contributed by atoms with E-state index in [-0.39, 0.29) is 5.97 Å². The van der Waals surface area contributed by atoms with Crippen LogP contribution in [0.1, 0.15) is 27.9 Å². The molecule has 0 fully saturated rings. The number of nitrogens with two attached hydrogens (primary N) is 1. The van der Waals surface area contributed by atoms with Crippen molar-refractivity contribution in [2.45, 2.75) is 19.8 Å². The fourth-order valence-corrected chi connectivity index (χ4v) is 2.04. The second-order valence-corrected chi connectivity index (χ2v) is 4.74. The summed E-state index contributed by atoms with van der Waals surface area (Å²) < 4.78 is 5.29. The first kappa shape index (κ1) is 14.1. The summed E-state index contributed by atoms with van der Waals surface area (Å²) in [5.74, 6) is -0.303. The molecule has 20 heavy (non-hydrogen) atoms. The SMILES string of the molecule is Cc1c(N)cccc1C(=O)OCCCc1ccccc1. The lowest BCUT2D eigenvalue weighted by Crippen LogP contribution is -2.09. The van der Waals surface area contributed by atoms with E-state index < -0.39 is 0 Å². The van der Waals surface area contributed by atoms with E-state index in [1.165, 1.54) is 5.56 Å². The quantitative estimate of drug-likeness (QED) is 0.514. The third-order valence-corrected chi connectivity index (χ3v) is 3.28. The van der Waals surface area contributed by atoms with Crippen molar-refractivity contribution in [3.8, 4) is 0 Å². The van der Waals surface area contributed by atoms with Crippen LogP contribution in [-0.4, -0.2) is 12.6 Å². The summed E-state index contributed by atoms with van der Waals surface area (Å²) in [4.78, 5) is 12.0. The summed E-state index contributed by atoms with van der Waals surface area (Å²) in [6.07, 6.45) is 1.72. The van der Waals surface area contributed by atoms with Gasteiger partial charge in [0.25, 0.3) is 0 Å². The molecule has 0 saturated carbocycles. The maximum atomic E-state index is 12.0. The Morgan fingerprint density at radius 1 is 1.10 bits per heavy atom. The second kappa shape index (κ2) is 6.75. The van der Waals surface area contributed by atoms with E-state index >= 15 is 0 Å². The van der Waals surface area contributed by atoms with Crippen LogP contribution in [0.15, 0.2) is 48.5 Å². The van der Waals surface area contributed by atoms with Crippen LogP contribution in [0.4, 0.5) is 5.69 Å². The van der Waals surface area contributed by atoms with Crippen LogP contribution >= 0.6 is 0 Å². The van der Waals surface area contributed by atoms with Gasteiger partial charge in [-0.25, -0.2) is 4.79 Å². The minimum atomic E-state index is -0.303. The summed E-state index contributed by atoms with van der Waals surface area (Å²) in [6, 6.07) is 15.4. The molecule has 0 unspecified atom stereocenters. The molecule has 2 aromatic rings. The molecule has 0 atom stereocenters. The van der Waals surface area contributed by atoms with Crippen molar-refractivity contribution in [2.24, 2.45) is 0 Å². The van der Waals surface area contributed by atoms with Crippen LogP contribution < -0.4 is 5.73 Å². The molecule has 0 aliphatic rings. The van der Waals surface area contributed by atoms with Gasteiger partial charge in [-0.1, -0.05) is 36.4 Å². The van der Waals surface area contributed by atoms with Gasteiger partial charge in [-0.05, 0) is 43.0 Å². The van der Waals surface area contributed by atoms with E-state index in [9.17, 15) is 4.79 Å². The lowest BCUT2D eigenvalue weighted by molar-refractivity contribution is 0.0500. The predicted octanol–water partition coefficient (Wildman–Crippen LogP) is 3.37. The molecule has 104 valence electrons. The monoisotopic (exact) mass is 269 g/mol. The summed E-state index contributed by atoms with van der Waals surface area (Å²) in [7, 11) is 0. The lowest BCUT2D eigenvalue weighted by Gasteiger charge is -2.08. The highest BCUT2D eigenvalue weighted by molar-refractivity contribution is 5.92. The van der Waals surface area contributed by atoms with Gasteiger partial charge in [-0.15, -0.1) is 0 Å². The summed E-state index contributed by atoms with van der Waals surface area (Å²) >= 11 is 0. The molecule has 0 saturated heterocycles. The van der Waals surface area contributed by atoms with E-state index in [0.717, 1.165) is 18.4 Å². The Hall–Kier alpha value is -2.29. The van der Waals surface area contributed by atoms with Crippen LogP contribution in [0.25, 0.3) is 0 Å². The number of carbonyl (C=O) groups excluding carboxylic acids is 1. The van der Waals surface area contributed by atoms with E-state index in [1.807, 2.05) is 25.1 Å². The number of hydrogen-bond donors (Lipinski definition) is 1. The third-order valence-electron chi connectivity index (χ3n) is 3.28. The van der Waals surface area contributed by atoms with Gasteiger partial charge in [0.2, 0.25) is 0 Å². The Morgan fingerprint density at radius 3 is 2.60 bits per heavy atom. The van der Waals surface area contributed by atoms with Crippen molar-refractivity contribution in [3.63, 3.8) is 0 Å². The molecular weight excluding hydrogens is 250 g/mol. The Bertz CT molecular complexity index is 579. The number of esters is 1. The minimum absolute atomic E-state index is 0.303. The molecule has 0 spiro atoms. The normalized spacial score (nSPS) is 10.2. The largest absolute Gasteiger partial charge is 0.462 e. The van der Waals surface area contributed by atoms with Crippen LogP contribution in [0.5, 0.6) is 0 Å². The fourth-order valence-electron chi connectivity index (χ4n) is 2.04. The molecule has 0 aromatic heterocycles. The maximum Gasteiger partial charge on any atom is 0.338 e. The highest BCUT2D eigenvalue weighted by Crippen LogP contribution is 2.16. The summed E-state index contributed by atoms with van der Waals surface area (Å²) in [6.45, 7) is 2.25. The van der Waals surface area contributed by atoms with Crippen molar-refractivity contribution in [1.29, 1.82) is 0 Å². The number of anilines is 1. The topological polar surface area (TPSA) is 52.3 Å². The van der Waals surface area contributed by atoms with Crippen LogP contribution in [-0.2, 0) is 11.2 Å². The van der Waals surface area contributed by atoms with Gasteiger partial charge < -0.3 is 10.5 Å². The Labute approximate surface area is 119 Å². The first-order chi connectivity index (χ1) is 9.68. The van der Waals surface area contributed by atoms with Crippen molar-refractivity contribution in [3.05, 3.63) is 65.2 Å². The Morgan fingerprint density at radius 2 is 1.85 bits per heavy atom. The van der Waals surface area contributed by atoms with Crippen molar-refractivity contribution in [2.75, 3.05) is 12.3 Å². The number of ether oxygens (including phenoxy) is 1. The van der Waals surface area contributed by atoms with Crippen molar-refractivity contribution in [1.82, 2.24) is 0 Å².